The van der Waals surface area contributed by atoms with Crippen molar-refractivity contribution in [1.29, 1.82) is 0 Å². The fourth-order valence-corrected chi connectivity index (χ4v) is 1.95. The van der Waals surface area contributed by atoms with Crippen molar-refractivity contribution in [3.05, 3.63) is 55.3 Å². The Morgan fingerprint density at radius 1 is 0.696 bits per heavy atom. The third-order valence-electron chi connectivity index (χ3n) is 2.70. The van der Waals surface area contributed by atoms with Gasteiger partial charge >= 0.3 is 33.9 Å². The molecule has 0 N–H and O–H groups in total. The van der Waals surface area contributed by atoms with Crippen molar-refractivity contribution in [2.24, 2.45) is 0 Å². The van der Waals surface area contributed by atoms with Crippen LogP contribution in [0.3, 0.4) is 0 Å². The summed E-state index contributed by atoms with van der Waals surface area (Å²) in [6.45, 7) is 16.1. The predicted molar refractivity (Wildman–Crippen MR) is 67.5 cm³/mol. The molecule has 2 saturated heterocycles. The fraction of sp³-hybridized carbons (Fsp3) is 0.400. The van der Waals surface area contributed by atoms with Gasteiger partial charge in [-0.2, -0.15) is 0 Å². The molecule has 3 rings (SSSR count). The third-order valence-corrected chi connectivity index (χ3v) is 2.70. The van der Waals surface area contributed by atoms with Crippen LogP contribution in [0.1, 0.15) is 23.7 Å². The summed E-state index contributed by atoms with van der Waals surface area (Å²) in [6.07, 6.45) is -0.470. The van der Waals surface area contributed by atoms with Crippen LogP contribution < -0.4 is 0 Å². The van der Waals surface area contributed by atoms with E-state index in [9.17, 15) is 0 Å². The van der Waals surface area contributed by atoms with Crippen molar-refractivity contribution in [1.82, 2.24) is 0 Å². The van der Waals surface area contributed by atoms with Gasteiger partial charge in [-0.3, -0.25) is 0 Å². The summed E-state index contributed by atoms with van der Waals surface area (Å²) in [6, 6.07) is 7.98. The number of ether oxygens (including phenoxy) is 4. The molecule has 0 aromatic heterocycles. The Bertz CT molecular complexity index is 429. The standard InChI is InChI=1S/C12H14O4.3CO.Cr/c1-2-9(11-13-4-5-14-11)8-10(3-1)12-15-6-7-16-12;3*1-2;/h1-3,8,11-12H,4-7H2;;;;. The molecular formula is C15H14CrO7. The molecule has 1 aromatic rings. The molecule has 122 valence electrons. The Hall–Kier alpha value is -1.19. The van der Waals surface area contributed by atoms with Crippen molar-refractivity contribution in [3.8, 4) is 0 Å². The zero-order valence-corrected chi connectivity index (χ0v) is 13.3. The van der Waals surface area contributed by atoms with E-state index in [1.165, 1.54) is 0 Å². The van der Waals surface area contributed by atoms with E-state index in [1.807, 2.05) is 24.3 Å². The SMILES string of the molecule is [C-]#[O+].[C-]#[O+].[C-]#[O+].[Cr].c1cc(C2OCCO2)cc(C2OCCO2)c1. The van der Waals surface area contributed by atoms with Crippen molar-refractivity contribution in [2.75, 3.05) is 26.4 Å². The maximum absolute atomic E-state index is 7.50. The van der Waals surface area contributed by atoms with Gasteiger partial charge in [0.1, 0.15) is 0 Å². The molecule has 0 amide bonds. The molecule has 2 aliphatic rings. The molecular weight excluding hydrogens is 344 g/mol. The Morgan fingerprint density at radius 2 is 1.00 bits per heavy atom. The van der Waals surface area contributed by atoms with Gasteiger partial charge in [0, 0.05) is 28.5 Å². The molecule has 23 heavy (non-hydrogen) atoms. The summed E-state index contributed by atoms with van der Waals surface area (Å²) >= 11 is 0. The number of rotatable bonds is 2. The van der Waals surface area contributed by atoms with Gasteiger partial charge in [-0.05, 0) is 6.07 Å². The van der Waals surface area contributed by atoms with E-state index in [2.05, 4.69) is 20.0 Å². The molecule has 0 atom stereocenters. The van der Waals surface area contributed by atoms with Crippen LogP contribution in [0.25, 0.3) is 0 Å². The van der Waals surface area contributed by atoms with Crippen molar-refractivity contribution in [3.63, 3.8) is 0 Å². The smallest absolute Gasteiger partial charge is 0.184 e. The van der Waals surface area contributed by atoms with Gasteiger partial charge in [-0.25, -0.2) is 0 Å². The second kappa shape index (κ2) is 15.7. The quantitative estimate of drug-likeness (QED) is 0.593. The van der Waals surface area contributed by atoms with Crippen LogP contribution in [-0.4, -0.2) is 26.4 Å². The minimum absolute atomic E-state index is 0. The number of hydrogen-bond donors (Lipinski definition) is 0. The van der Waals surface area contributed by atoms with Gasteiger partial charge in [0.15, 0.2) is 12.6 Å². The molecule has 0 unspecified atom stereocenters. The van der Waals surface area contributed by atoms with Gasteiger partial charge in [0.25, 0.3) is 0 Å². The van der Waals surface area contributed by atoms with Crippen molar-refractivity contribution >= 4 is 0 Å². The normalized spacial score (nSPS) is 16.3. The van der Waals surface area contributed by atoms with E-state index in [-0.39, 0.29) is 29.9 Å². The van der Waals surface area contributed by atoms with Crippen LogP contribution in [0.2, 0.25) is 0 Å². The summed E-state index contributed by atoms with van der Waals surface area (Å²) in [5.74, 6) is 0. The summed E-state index contributed by atoms with van der Waals surface area (Å²) in [5, 5.41) is 0. The zero-order valence-electron chi connectivity index (χ0n) is 12.1. The van der Waals surface area contributed by atoms with Crippen LogP contribution >= 0.6 is 0 Å². The number of hydrogen-bond acceptors (Lipinski definition) is 4. The number of benzene rings is 1. The molecule has 0 radical (unpaired) electrons. The van der Waals surface area contributed by atoms with Crippen LogP contribution in [-0.2, 0) is 50.3 Å². The summed E-state index contributed by atoms with van der Waals surface area (Å²) in [5.41, 5.74) is 2.04. The molecule has 2 aliphatic heterocycles. The first kappa shape index (κ1) is 24.1. The topological polar surface area (TPSA) is 96.6 Å². The van der Waals surface area contributed by atoms with E-state index in [1.54, 1.807) is 0 Å². The Balaban J connectivity index is 0. The molecule has 2 heterocycles. The molecule has 0 saturated carbocycles. The first-order valence-electron chi connectivity index (χ1n) is 6.11. The van der Waals surface area contributed by atoms with Gasteiger partial charge in [0.05, 0.1) is 26.4 Å². The minimum Gasteiger partial charge on any atom is -0.346 e. The first-order chi connectivity index (χ1) is 10.9. The van der Waals surface area contributed by atoms with Crippen LogP contribution in [0.15, 0.2) is 24.3 Å². The summed E-state index contributed by atoms with van der Waals surface area (Å²) in [4.78, 5) is 0. The largest absolute Gasteiger partial charge is 0.346 e. The van der Waals surface area contributed by atoms with E-state index in [0.717, 1.165) is 11.1 Å². The average Bonchev–Trinajstić information content (AvgIpc) is 3.34. The van der Waals surface area contributed by atoms with Gasteiger partial charge in [0.2, 0.25) is 0 Å². The summed E-state index contributed by atoms with van der Waals surface area (Å²) in [7, 11) is 0. The minimum atomic E-state index is -0.235. The monoisotopic (exact) mass is 358 g/mol. The fourth-order valence-electron chi connectivity index (χ4n) is 1.95. The van der Waals surface area contributed by atoms with Crippen molar-refractivity contribution in [2.45, 2.75) is 12.6 Å². The van der Waals surface area contributed by atoms with Crippen LogP contribution in [0, 0.1) is 20.0 Å². The van der Waals surface area contributed by atoms with Gasteiger partial charge in [-0.1, -0.05) is 18.2 Å². The zero-order chi connectivity index (χ0) is 16.8. The van der Waals surface area contributed by atoms with Gasteiger partial charge < -0.3 is 18.9 Å². The second-order valence-corrected chi connectivity index (χ2v) is 3.82. The second-order valence-electron chi connectivity index (χ2n) is 3.82. The molecule has 2 fully saturated rings. The maximum atomic E-state index is 7.50. The third kappa shape index (κ3) is 7.76. The summed E-state index contributed by atoms with van der Waals surface area (Å²) < 4.78 is 44.3. The molecule has 7 nitrogen and oxygen atoms in total. The Morgan fingerprint density at radius 3 is 1.30 bits per heavy atom. The van der Waals surface area contributed by atoms with E-state index >= 15 is 0 Å². The first-order valence-corrected chi connectivity index (χ1v) is 6.11. The Labute approximate surface area is 145 Å². The predicted octanol–water partition coefficient (Wildman–Crippen LogP) is 1.66. The van der Waals surface area contributed by atoms with Crippen molar-refractivity contribution < 1.29 is 50.3 Å². The molecule has 0 spiro atoms. The van der Waals surface area contributed by atoms with Crippen LogP contribution in [0.4, 0.5) is 0 Å². The van der Waals surface area contributed by atoms with Gasteiger partial charge in [-0.15, -0.1) is 0 Å². The van der Waals surface area contributed by atoms with Crippen LogP contribution in [0.5, 0.6) is 0 Å². The van der Waals surface area contributed by atoms with E-state index < -0.39 is 0 Å². The molecule has 1 aromatic carbocycles. The molecule has 8 heteroatoms. The molecule has 0 aliphatic carbocycles. The molecule has 0 bridgehead atoms. The average molecular weight is 358 g/mol. The Kier molecular flexibility index (Phi) is 16.4. The van der Waals surface area contributed by atoms with E-state index in [0.29, 0.717) is 26.4 Å². The van der Waals surface area contributed by atoms with E-state index in [4.69, 9.17) is 32.9 Å². The maximum Gasteiger partial charge on any atom is 0.184 e.